The number of nitrogen functional groups attached to an aromatic ring is 1. The number of amides is 2. The van der Waals surface area contributed by atoms with Crippen molar-refractivity contribution in [2.45, 2.75) is 63.5 Å². The summed E-state index contributed by atoms with van der Waals surface area (Å²) in [5.41, 5.74) is -1.30. The summed E-state index contributed by atoms with van der Waals surface area (Å²) >= 11 is 0. The molecule has 2 amide bonds. The van der Waals surface area contributed by atoms with Gasteiger partial charge in [0.2, 0.25) is 0 Å². The lowest BCUT2D eigenvalue weighted by Gasteiger charge is -2.29. The van der Waals surface area contributed by atoms with Crippen molar-refractivity contribution in [1.29, 1.82) is 0 Å². The molecule has 0 aliphatic heterocycles. The van der Waals surface area contributed by atoms with Gasteiger partial charge >= 0.3 is 24.7 Å². The highest BCUT2D eigenvalue weighted by molar-refractivity contribution is 6.05. The van der Waals surface area contributed by atoms with Crippen LogP contribution in [0.5, 0.6) is 0 Å². The lowest BCUT2D eigenvalue weighted by Crippen LogP contribution is -2.41. The van der Waals surface area contributed by atoms with Crippen molar-refractivity contribution in [3.8, 4) is 22.3 Å². The Bertz CT molecular complexity index is 2440. The van der Waals surface area contributed by atoms with Gasteiger partial charge in [-0.1, -0.05) is 36.4 Å². The maximum atomic E-state index is 14.3. The average molecular weight is 855 g/mol. The third-order valence-corrected chi connectivity index (χ3v) is 9.46. The van der Waals surface area contributed by atoms with Crippen LogP contribution in [0.25, 0.3) is 22.3 Å². The number of nitrogens with one attached hydrogen (secondary N) is 2. The minimum absolute atomic E-state index is 0.0251. The van der Waals surface area contributed by atoms with E-state index in [1.165, 1.54) is 33.8 Å². The Balaban J connectivity index is 1.38. The Morgan fingerprint density at radius 1 is 0.467 bits per heavy atom. The number of hydrogen-bond acceptors (Lipinski definition) is 4. The zero-order valence-electron chi connectivity index (χ0n) is 31.7. The Morgan fingerprint density at radius 3 is 1.28 bits per heavy atom. The van der Waals surface area contributed by atoms with Crippen molar-refractivity contribution in [1.82, 2.24) is 5.32 Å². The molecule has 18 heteroatoms. The molecule has 0 radical (unpaired) electrons. The molecule has 0 aliphatic carbocycles. The van der Waals surface area contributed by atoms with Crippen molar-refractivity contribution in [2.75, 3.05) is 11.1 Å². The van der Waals surface area contributed by atoms with Gasteiger partial charge in [0, 0.05) is 28.0 Å². The molecule has 0 unspecified atom stereocenters. The summed E-state index contributed by atoms with van der Waals surface area (Å²) in [4.78, 5) is 26.3. The maximum Gasteiger partial charge on any atom is 0.417 e. The molecule has 60 heavy (non-hydrogen) atoms. The summed E-state index contributed by atoms with van der Waals surface area (Å²) < 4.78 is 170. The van der Waals surface area contributed by atoms with Crippen molar-refractivity contribution in [2.24, 2.45) is 5.73 Å². The first-order valence-corrected chi connectivity index (χ1v) is 17.5. The van der Waals surface area contributed by atoms with E-state index >= 15 is 0 Å². The van der Waals surface area contributed by atoms with Gasteiger partial charge in [-0.3, -0.25) is 9.59 Å². The number of halogens is 12. The minimum Gasteiger partial charge on any atom is -0.399 e. The fraction of sp³-hybridized carbons (Fsp3) is 0.238. The molecule has 0 saturated heterocycles. The van der Waals surface area contributed by atoms with E-state index < -0.39 is 97.8 Å². The molecule has 0 atom stereocenters. The molecule has 0 aliphatic rings. The smallest absolute Gasteiger partial charge is 0.399 e. The second kappa shape index (κ2) is 15.5. The van der Waals surface area contributed by atoms with Gasteiger partial charge in [-0.25, -0.2) is 0 Å². The van der Waals surface area contributed by atoms with Crippen LogP contribution in [0.4, 0.5) is 64.1 Å². The van der Waals surface area contributed by atoms with Crippen LogP contribution in [0.15, 0.2) is 97.1 Å². The molecule has 0 fully saturated rings. The second-order valence-corrected chi connectivity index (χ2v) is 14.9. The third kappa shape index (κ3) is 9.86. The highest BCUT2D eigenvalue weighted by atomic mass is 19.4. The summed E-state index contributed by atoms with van der Waals surface area (Å²) in [5.74, 6) is -1.82. The van der Waals surface area contributed by atoms with Crippen LogP contribution in [0.1, 0.15) is 81.8 Å². The van der Waals surface area contributed by atoms with E-state index in [0.717, 1.165) is 66.7 Å². The average Bonchev–Trinajstić information content (AvgIpc) is 3.12. The van der Waals surface area contributed by atoms with Gasteiger partial charge in [-0.15, -0.1) is 0 Å². The lowest BCUT2D eigenvalue weighted by atomic mass is 9.87. The fourth-order valence-corrected chi connectivity index (χ4v) is 6.34. The summed E-state index contributed by atoms with van der Waals surface area (Å²) in [6, 6.07) is 14.5. The zero-order chi connectivity index (χ0) is 45.0. The number of nitrogens with two attached hydrogens (primary N) is 2. The van der Waals surface area contributed by atoms with Gasteiger partial charge in [0.05, 0.1) is 27.8 Å². The molecule has 5 aromatic carbocycles. The minimum atomic E-state index is -5.17. The number of rotatable bonds is 8. The highest BCUT2D eigenvalue weighted by Gasteiger charge is 2.41. The van der Waals surface area contributed by atoms with Gasteiger partial charge in [0.15, 0.2) is 0 Å². The van der Waals surface area contributed by atoms with Crippen LogP contribution < -0.4 is 22.1 Å². The molecule has 0 saturated carbocycles. The van der Waals surface area contributed by atoms with E-state index in [9.17, 15) is 62.3 Å². The number of carbonyl (C=O) groups excluding carboxylic acids is 2. The molecule has 0 bridgehead atoms. The summed E-state index contributed by atoms with van der Waals surface area (Å²) in [6.07, 6.45) is -20.4. The molecule has 5 rings (SSSR count). The van der Waals surface area contributed by atoms with Crippen molar-refractivity contribution in [3.05, 3.63) is 142 Å². The van der Waals surface area contributed by atoms with Crippen molar-refractivity contribution in [3.63, 3.8) is 0 Å². The van der Waals surface area contributed by atoms with Crippen molar-refractivity contribution < 1.29 is 62.3 Å². The highest BCUT2D eigenvalue weighted by Crippen LogP contribution is 2.46. The first-order chi connectivity index (χ1) is 27.4. The van der Waals surface area contributed by atoms with Gasteiger partial charge in [-0.05, 0) is 122 Å². The van der Waals surface area contributed by atoms with E-state index in [1.807, 2.05) is 0 Å². The number of carbonyl (C=O) groups is 2. The van der Waals surface area contributed by atoms with E-state index in [0.29, 0.717) is 24.3 Å². The van der Waals surface area contributed by atoms with E-state index in [4.69, 9.17) is 11.5 Å². The summed E-state index contributed by atoms with van der Waals surface area (Å²) in [7, 11) is 0. The third-order valence-electron chi connectivity index (χ3n) is 9.46. The van der Waals surface area contributed by atoms with Gasteiger partial charge in [-0.2, -0.15) is 52.7 Å². The molecule has 0 spiro atoms. The van der Waals surface area contributed by atoms with E-state index in [-0.39, 0.29) is 27.9 Å². The predicted molar refractivity (Wildman–Crippen MR) is 200 cm³/mol. The van der Waals surface area contributed by atoms with Crippen LogP contribution in [0.3, 0.4) is 0 Å². The summed E-state index contributed by atoms with van der Waals surface area (Å²) in [5, 5.41) is 4.78. The molecule has 318 valence electrons. The first-order valence-electron chi connectivity index (χ1n) is 17.5. The number of anilines is 2. The lowest BCUT2D eigenvalue weighted by molar-refractivity contribution is -0.139. The molecule has 6 nitrogen and oxygen atoms in total. The van der Waals surface area contributed by atoms with E-state index in [2.05, 4.69) is 10.6 Å². The van der Waals surface area contributed by atoms with E-state index in [1.54, 1.807) is 0 Å². The van der Waals surface area contributed by atoms with Gasteiger partial charge in [0.25, 0.3) is 11.8 Å². The molecule has 5 aromatic rings. The first kappa shape index (κ1) is 45.1. The van der Waals surface area contributed by atoms with Crippen LogP contribution in [-0.4, -0.2) is 11.8 Å². The van der Waals surface area contributed by atoms with Crippen molar-refractivity contribution >= 4 is 23.2 Å². The van der Waals surface area contributed by atoms with Crippen LogP contribution in [-0.2, 0) is 35.8 Å². The quantitative estimate of drug-likeness (QED) is 0.0920. The molecule has 0 heterocycles. The Morgan fingerprint density at radius 2 is 0.833 bits per heavy atom. The molecular weight excluding hydrogens is 820 g/mol. The predicted octanol–water partition coefficient (Wildman–Crippen LogP) is 11.8. The van der Waals surface area contributed by atoms with Gasteiger partial charge in [0.1, 0.15) is 0 Å². The Kier molecular flexibility index (Phi) is 11.7. The Hall–Kier alpha value is -6.04. The normalized spacial score (nSPS) is 12.9. The number of benzene rings is 5. The standard InChI is InChI=1S/C42H34F12N4O2/c1-37(2,56)23-9-13-27(31(17-23)39(43,44)45)30-16-12-26(20-34(30)42(52,53)54)57-35(59)21-5-7-22(8-6-21)36(60)58-38(3,4)24-10-14-28(32(18-24)40(46,47)48)29-15-11-25(55)19-33(29)41(49,50)51/h5-20H,55-56H2,1-4H3,(H,57,59)(H,58,60). The fourth-order valence-electron chi connectivity index (χ4n) is 6.34. The van der Waals surface area contributed by atoms with Gasteiger partial charge < -0.3 is 22.1 Å². The maximum absolute atomic E-state index is 14.3. The van der Waals surface area contributed by atoms with Crippen LogP contribution in [0.2, 0.25) is 0 Å². The zero-order valence-corrected chi connectivity index (χ0v) is 31.7. The van der Waals surface area contributed by atoms with Crippen LogP contribution >= 0.6 is 0 Å². The molecule has 6 N–H and O–H groups in total. The monoisotopic (exact) mass is 854 g/mol. The molecular formula is C42H34F12N4O2. The molecule has 0 aromatic heterocycles. The Labute approximate surface area is 334 Å². The SMILES string of the molecule is CC(C)(N)c1ccc(-c2ccc(NC(=O)c3ccc(C(=O)NC(C)(C)c4ccc(-c5ccc(N)cc5C(F)(F)F)c(C(F)(F)F)c4)cc3)cc2C(F)(F)F)c(C(F)(F)F)c1. The van der Waals surface area contributed by atoms with Crippen LogP contribution in [0, 0.1) is 0 Å². The second-order valence-electron chi connectivity index (χ2n) is 14.9. The number of hydrogen-bond donors (Lipinski definition) is 4. The largest absolute Gasteiger partial charge is 0.417 e. The number of alkyl halides is 12. The summed E-state index contributed by atoms with van der Waals surface area (Å²) in [6.45, 7) is 5.54. The topological polar surface area (TPSA) is 110 Å².